The first-order valence-corrected chi connectivity index (χ1v) is 9.90. The zero-order chi connectivity index (χ0) is 21.2. The van der Waals surface area contributed by atoms with E-state index in [1.165, 1.54) is 0 Å². The molecule has 5 atom stereocenters. The highest BCUT2D eigenvalue weighted by Crippen LogP contribution is 2.51. The molecule has 3 aliphatic carbocycles. The van der Waals surface area contributed by atoms with Gasteiger partial charge in [0.15, 0.2) is 11.4 Å². The summed E-state index contributed by atoms with van der Waals surface area (Å²) in [5, 5.41) is 42.9. The van der Waals surface area contributed by atoms with Gasteiger partial charge in [-0.05, 0) is 49.7 Å². The van der Waals surface area contributed by atoms with Crippen LogP contribution in [0.5, 0.6) is 5.75 Å². The first kappa shape index (κ1) is 19.8. The van der Waals surface area contributed by atoms with E-state index in [1.807, 2.05) is 6.92 Å². The zero-order valence-corrected chi connectivity index (χ0v) is 16.3. The maximum Gasteiger partial charge on any atom is 0.202 e. The van der Waals surface area contributed by atoms with Gasteiger partial charge in [0.25, 0.3) is 0 Å². The van der Waals surface area contributed by atoms with Crippen LogP contribution in [0.15, 0.2) is 17.7 Å². The minimum absolute atomic E-state index is 0.0460. The third-order valence-electron chi connectivity index (χ3n) is 6.85. The number of carbonyl (C=O) groups is 3. The van der Waals surface area contributed by atoms with Crippen molar-refractivity contribution < 1.29 is 34.8 Å². The Kier molecular flexibility index (Phi) is 4.44. The number of aliphatic hydroxyl groups excluding tert-OH is 2. The number of benzene rings is 1. The number of Topliss-reactive ketones (excluding diaryl/α,β-unsaturated/α-hetero) is 3. The van der Waals surface area contributed by atoms with Crippen LogP contribution < -0.4 is 0 Å². The molecular formula is C22H24O7. The SMILES string of the molecule is CCc1ccc2c(c1O)C(O)=C1C(=O)C3(O)C(=O)C(C(C)=O)C(O)CC3CC1C2. The van der Waals surface area contributed by atoms with E-state index in [1.54, 1.807) is 12.1 Å². The summed E-state index contributed by atoms with van der Waals surface area (Å²) in [7, 11) is 0. The largest absolute Gasteiger partial charge is 0.507 e. The molecule has 0 spiro atoms. The lowest BCUT2D eigenvalue weighted by Crippen LogP contribution is -2.65. The smallest absolute Gasteiger partial charge is 0.202 e. The third kappa shape index (κ3) is 2.53. The predicted molar refractivity (Wildman–Crippen MR) is 102 cm³/mol. The van der Waals surface area contributed by atoms with Gasteiger partial charge in [-0.1, -0.05) is 19.1 Å². The van der Waals surface area contributed by atoms with Gasteiger partial charge < -0.3 is 20.4 Å². The Labute approximate surface area is 167 Å². The molecule has 4 N–H and O–H groups in total. The van der Waals surface area contributed by atoms with Crippen molar-refractivity contribution in [2.24, 2.45) is 17.8 Å². The van der Waals surface area contributed by atoms with Crippen molar-refractivity contribution in [3.8, 4) is 5.75 Å². The Balaban J connectivity index is 1.87. The number of phenols is 1. The fraction of sp³-hybridized carbons (Fsp3) is 0.500. The Bertz CT molecular complexity index is 976. The number of hydrogen-bond donors (Lipinski definition) is 4. The van der Waals surface area contributed by atoms with Crippen LogP contribution in [-0.2, 0) is 27.2 Å². The lowest BCUT2D eigenvalue weighted by atomic mass is 9.56. The maximum atomic E-state index is 13.3. The molecule has 154 valence electrons. The molecule has 2 fully saturated rings. The highest BCUT2D eigenvalue weighted by molar-refractivity contribution is 6.24. The number of hydrogen-bond acceptors (Lipinski definition) is 7. The number of aryl methyl sites for hydroxylation is 1. The second-order valence-electron chi connectivity index (χ2n) is 8.41. The monoisotopic (exact) mass is 400 g/mol. The van der Waals surface area contributed by atoms with E-state index in [2.05, 4.69) is 0 Å². The Hall–Kier alpha value is -2.51. The zero-order valence-electron chi connectivity index (χ0n) is 16.3. The van der Waals surface area contributed by atoms with Gasteiger partial charge >= 0.3 is 0 Å². The molecule has 2 saturated carbocycles. The van der Waals surface area contributed by atoms with E-state index in [0.717, 1.165) is 6.92 Å². The van der Waals surface area contributed by atoms with Gasteiger partial charge in [-0.3, -0.25) is 14.4 Å². The van der Waals surface area contributed by atoms with Crippen molar-refractivity contribution in [2.45, 2.75) is 51.2 Å². The molecule has 0 heterocycles. The summed E-state index contributed by atoms with van der Waals surface area (Å²) in [6.07, 6.45) is -0.183. The summed E-state index contributed by atoms with van der Waals surface area (Å²) in [5.74, 6) is -5.80. The van der Waals surface area contributed by atoms with Crippen LogP contribution >= 0.6 is 0 Å². The van der Waals surface area contributed by atoms with Gasteiger partial charge in [-0.15, -0.1) is 0 Å². The van der Waals surface area contributed by atoms with Crippen molar-refractivity contribution >= 4 is 23.1 Å². The van der Waals surface area contributed by atoms with Crippen molar-refractivity contribution in [3.63, 3.8) is 0 Å². The van der Waals surface area contributed by atoms with Crippen LogP contribution in [0.4, 0.5) is 0 Å². The first-order chi connectivity index (χ1) is 13.6. The van der Waals surface area contributed by atoms with E-state index in [-0.39, 0.29) is 29.7 Å². The average molecular weight is 400 g/mol. The van der Waals surface area contributed by atoms with Crippen molar-refractivity contribution in [2.75, 3.05) is 0 Å². The van der Waals surface area contributed by atoms with E-state index >= 15 is 0 Å². The molecule has 0 amide bonds. The molecular weight excluding hydrogens is 376 g/mol. The number of aromatic hydroxyl groups is 1. The van der Waals surface area contributed by atoms with Crippen molar-refractivity contribution in [1.82, 2.24) is 0 Å². The van der Waals surface area contributed by atoms with Crippen LogP contribution in [0.25, 0.3) is 5.76 Å². The standard InChI is InChI=1S/C22H24O7/c1-3-10-4-5-11-6-12-7-13-8-14(24)15(9(2)23)20(27)22(13,29)21(28)17(12)19(26)16(11)18(10)25/h4-5,12-15,24-26,29H,3,6-8H2,1-2H3. The minimum atomic E-state index is -2.45. The number of aliphatic hydroxyl groups is 3. The van der Waals surface area contributed by atoms with Gasteiger partial charge in [-0.25, -0.2) is 0 Å². The van der Waals surface area contributed by atoms with E-state index in [9.17, 15) is 34.8 Å². The van der Waals surface area contributed by atoms with Crippen LogP contribution in [0.3, 0.4) is 0 Å². The molecule has 29 heavy (non-hydrogen) atoms. The number of rotatable bonds is 2. The molecule has 7 heteroatoms. The van der Waals surface area contributed by atoms with Crippen LogP contribution in [0.2, 0.25) is 0 Å². The first-order valence-electron chi connectivity index (χ1n) is 9.90. The molecule has 0 bridgehead atoms. The Morgan fingerprint density at radius 2 is 1.90 bits per heavy atom. The van der Waals surface area contributed by atoms with Gasteiger partial charge in [0.05, 0.1) is 11.7 Å². The van der Waals surface area contributed by atoms with Crippen molar-refractivity contribution in [3.05, 3.63) is 34.4 Å². The van der Waals surface area contributed by atoms with Crippen LogP contribution in [0.1, 0.15) is 43.4 Å². The van der Waals surface area contributed by atoms with E-state index < -0.39 is 52.6 Å². The Morgan fingerprint density at radius 1 is 1.21 bits per heavy atom. The average Bonchev–Trinajstić information content (AvgIpc) is 2.64. The van der Waals surface area contributed by atoms with Crippen molar-refractivity contribution in [1.29, 1.82) is 0 Å². The maximum absolute atomic E-state index is 13.3. The number of carbonyl (C=O) groups excluding carboxylic acids is 3. The fourth-order valence-corrected chi connectivity index (χ4v) is 5.36. The lowest BCUT2D eigenvalue weighted by Gasteiger charge is -2.48. The summed E-state index contributed by atoms with van der Waals surface area (Å²) in [6, 6.07) is 3.58. The quantitative estimate of drug-likeness (QED) is 0.549. The fourth-order valence-electron chi connectivity index (χ4n) is 5.36. The van der Waals surface area contributed by atoms with Crippen LogP contribution in [-0.4, -0.2) is 49.5 Å². The summed E-state index contributed by atoms with van der Waals surface area (Å²) in [6.45, 7) is 2.99. The molecule has 4 rings (SSSR count). The second-order valence-corrected chi connectivity index (χ2v) is 8.41. The number of phenolic OH excluding ortho intramolecular Hbond substituents is 1. The summed E-state index contributed by atoms with van der Waals surface area (Å²) in [4.78, 5) is 38.1. The Morgan fingerprint density at radius 3 is 2.52 bits per heavy atom. The van der Waals surface area contributed by atoms with Gasteiger partial charge in [0, 0.05) is 11.5 Å². The highest BCUT2D eigenvalue weighted by atomic mass is 16.3. The molecule has 1 aromatic carbocycles. The topological polar surface area (TPSA) is 132 Å². The van der Waals surface area contributed by atoms with Gasteiger partial charge in [0.1, 0.15) is 23.2 Å². The van der Waals surface area contributed by atoms with Crippen LogP contribution in [0, 0.1) is 17.8 Å². The highest BCUT2D eigenvalue weighted by Gasteiger charge is 2.63. The molecule has 7 nitrogen and oxygen atoms in total. The molecule has 1 aromatic rings. The summed E-state index contributed by atoms with van der Waals surface area (Å²) < 4.78 is 0. The van der Waals surface area contributed by atoms with Gasteiger partial charge in [0.2, 0.25) is 5.78 Å². The molecule has 0 aromatic heterocycles. The number of fused-ring (bicyclic) bond motifs is 3. The van der Waals surface area contributed by atoms with E-state index in [4.69, 9.17) is 0 Å². The predicted octanol–water partition coefficient (Wildman–Crippen LogP) is 1.25. The molecule has 0 saturated heterocycles. The lowest BCUT2D eigenvalue weighted by molar-refractivity contribution is -0.174. The minimum Gasteiger partial charge on any atom is -0.507 e. The molecule has 5 unspecified atom stereocenters. The molecule has 0 radical (unpaired) electrons. The van der Waals surface area contributed by atoms with Gasteiger partial charge in [-0.2, -0.15) is 0 Å². The number of ketones is 3. The summed E-state index contributed by atoms with van der Waals surface area (Å²) in [5.41, 5.74) is -1.06. The normalized spacial score (nSPS) is 33.8. The third-order valence-corrected chi connectivity index (χ3v) is 6.85. The second kappa shape index (κ2) is 6.50. The molecule has 0 aliphatic heterocycles. The van der Waals surface area contributed by atoms with E-state index in [0.29, 0.717) is 24.0 Å². The molecule has 3 aliphatic rings. The summed E-state index contributed by atoms with van der Waals surface area (Å²) >= 11 is 0.